The number of nitrogens with one attached hydrogen (secondary N) is 1. The fourth-order valence-corrected chi connectivity index (χ4v) is 3.83. The van der Waals surface area contributed by atoms with Crippen LogP contribution in [0.15, 0.2) is 22.4 Å². The Balaban J connectivity index is 1.76. The van der Waals surface area contributed by atoms with Gasteiger partial charge in [0.2, 0.25) is 0 Å². The lowest BCUT2D eigenvalue weighted by molar-refractivity contribution is -0.0699. The van der Waals surface area contributed by atoms with Gasteiger partial charge >= 0.3 is 0 Å². The van der Waals surface area contributed by atoms with Crippen LogP contribution < -0.4 is 10.9 Å². The average molecular weight is 307 g/mol. The predicted octanol–water partition coefficient (Wildman–Crippen LogP) is 2.19. The van der Waals surface area contributed by atoms with E-state index in [2.05, 4.69) is 38.0 Å². The zero-order chi connectivity index (χ0) is 15.3. The maximum Gasteiger partial charge on any atom is 0.258 e. The van der Waals surface area contributed by atoms with E-state index >= 15 is 0 Å². The minimum atomic E-state index is -0.217. The highest BCUT2D eigenvalue weighted by molar-refractivity contribution is 7.15. The molecule has 0 aliphatic carbocycles. The van der Waals surface area contributed by atoms with Crippen molar-refractivity contribution < 1.29 is 4.74 Å². The summed E-state index contributed by atoms with van der Waals surface area (Å²) in [5, 5.41) is 5.37. The number of fused-ring (bicyclic) bond motifs is 1. The number of hydrogen-bond donors (Lipinski definition) is 1. The van der Waals surface area contributed by atoms with Crippen LogP contribution in [0.1, 0.15) is 39.8 Å². The van der Waals surface area contributed by atoms with E-state index in [1.165, 1.54) is 11.3 Å². The highest BCUT2D eigenvalue weighted by Crippen LogP contribution is 2.37. The van der Waals surface area contributed by atoms with E-state index in [0.29, 0.717) is 6.54 Å². The third-order valence-corrected chi connectivity index (χ3v) is 4.72. The van der Waals surface area contributed by atoms with Crippen LogP contribution in [0.2, 0.25) is 0 Å². The first-order valence-electron chi connectivity index (χ1n) is 7.16. The number of ether oxygens (including phenoxy) is 1. The van der Waals surface area contributed by atoms with E-state index in [4.69, 9.17) is 4.74 Å². The molecular weight excluding hydrogens is 286 g/mol. The van der Waals surface area contributed by atoms with Gasteiger partial charge in [-0.15, -0.1) is 11.3 Å². The lowest BCUT2D eigenvalue weighted by Gasteiger charge is -2.27. The Morgan fingerprint density at radius 3 is 2.90 bits per heavy atom. The molecule has 0 saturated carbocycles. The minimum absolute atomic E-state index is 0.0275. The molecule has 0 aromatic carbocycles. The van der Waals surface area contributed by atoms with E-state index < -0.39 is 0 Å². The van der Waals surface area contributed by atoms with Crippen molar-refractivity contribution in [3.05, 3.63) is 33.7 Å². The molecule has 1 aliphatic rings. The molecule has 1 saturated heterocycles. The second kappa shape index (κ2) is 4.90. The molecular formula is C15H21N3O2S. The first-order chi connectivity index (χ1) is 9.77. The zero-order valence-electron chi connectivity index (χ0n) is 12.8. The number of rotatable bonds is 3. The first kappa shape index (κ1) is 14.7. The van der Waals surface area contributed by atoms with Gasteiger partial charge in [0.15, 0.2) is 4.96 Å². The molecule has 0 bridgehead atoms. The maximum atomic E-state index is 12.0. The summed E-state index contributed by atoms with van der Waals surface area (Å²) in [4.78, 5) is 17.2. The summed E-state index contributed by atoms with van der Waals surface area (Å²) in [6.07, 6.45) is 2.70. The molecule has 2 aromatic heterocycles. The van der Waals surface area contributed by atoms with Crippen LogP contribution in [0.3, 0.4) is 0 Å². The third-order valence-electron chi connectivity index (χ3n) is 3.96. The van der Waals surface area contributed by atoms with Crippen molar-refractivity contribution in [3.63, 3.8) is 0 Å². The van der Waals surface area contributed by atoms with Crippen molar-refractivity contribution in [2.24, 2.45) is 0 Å². The van der Waals surface area contributed by atoms with Crippen molar-refractivity contribution in [3.8, 4) is 0 Å². The maximum absolute atomic E-state index is 12.0. The van der Waals surface area contributed by atoms with E-state index in [9.17, 15) is 4.79 Å². The summed E-state index contributed by atoms with van der Waals surface area (Å²) in [7, 11) is 0. The van der Waals surface area contributed by atoms with Gasteiger partial charge in [-0.25, -0.2) is 4.98 Å². The molecule has 1 fully saturated rings. The number of nitrogens with zero attached hydrogens (tertiary/aromatic N) is 2. The van der Waals surface area contributed by atoms with Crippen molar-refractivity contribution in [2.45, 2.75) is 57.9 Å². The number of thiazole rings is 1. The lowest BCUT2D eigenvalue weighted by atomic mass is 9.94. The normalized spacial score (nSPS) is 23.7. The molecule has 1 atom stereocenters. The largest absolute Gasteiger partial charge is 0.368 e. The molecule has 1 aliphatic heterocycles. The summed E-state index contributed by atoms with van der Waals surface area (Å²) >= 11 is 1.47. The number of hydrogen-bond acceptors (Lipinski definition) is 5. The fraction of sp³-hybridized carbons (Fsp3) is 0.600. The van der Waals surface area contributed by atoms with E-state index in [-0.39, 0.29) is 22.8 Å². The van der Waals surface area contributed by atoms with Crippen LogP contribution >= 0.6 is 11.3 Å². The van der Waals surface area contributed by atoms with Crippen molar-refractivity contribution in [1.82, 2.24) is 14.7 Å². The van der Waals surface area contributed by atoms with Gasteiger partial charge in [-0.05, 0) is 34.1 Å². The number of aromatic nitrogens is 2. The monoisotopic (exact) mass is 307 g/mol. The molecule has 1 N–H and O–H groups in total. The molecule has 3 heterocycles. The Morgan fingerprint density at radius 2 is 2.24 bits per heavy atom. The van der Waals surface area contributed by atoms with E-state index in [1.54, 1.807) is 16.7 Å². The molecule has 114 valence electrons. The van der Waals surface area contributed by atoms with E-state index in [1.807, 2.05) is 5.38 Å². The fourth-order valence-electron chi connectivity index (χ4n) is 3.09. The van der Waals surface area contributed by atoms with Gasteiger partial charge in [0.25, 0.3) is 5.56 Å². The Kier molecular flexibility index (Phi) is 3.43. The smallest absolute Gasteiger partial charge is 0.258 e. The van der Waals surface area contributed by atoms with Crippen LogP contribution in [0.5, 0.6) is 0 Å². The van der Waals surface area contributed by atoms with Crippen LogP contribution in [0.25, 0.3) is 4.96 Å². The second-order valence-electron chi connectivity index (χ2n) is 6.74. The molecule has 5 nitrogen and oxygen atoms in total. The Hall–Kier alpha value is -1.24. The Bertz CT molecular complexity index is 717. The SMILES string of the molecule is CC1(C)C[C@@H](NCc2cc(=O)n3ccsc3n2)C(C)(C)O1. The molecule has 0 radical (unpaired) electrons. The molecule has 0 amide bonds. The predicted molar refractivity (Wildman–Crippen MR) is 83.8 cm³/mol. The third kappa shape index (κ3) is 2.88. The molecule has 21 heavy (non-hydrogen) atoms. The highest BCUT2D eigenvalue weighted by Gasteiger charge is 2.45. The van der Waals surface area contributed by atoms with Crippen LogP contribution in [-0.2, 0) is 11.3 Å². The Labute approximate surface area is 128 Å². The van der Waals surface area contributed by atoms with Crippen LogP contribution in [-0.4, -0.2) is 26.6 Å². The van der Waals surface area contributed by atoms with E-state index in [0.717, 1.165) is 17.1 Å². The molecule has 0 spiro atoms. The zero-order valence-corrected chi connectivity index (χ0v) is 13.7. The van der Waals surface area contributed by atoms with Gasteiger partial charge in [-0.2, -0.15) is 0 Å². The van der Waals surface area contributed by atoms with Gasteiger partial charge < -0.3 is 10.1 Å². The first-order valence-corrected chi connectivity index (χ1v) is 8.04. The van der Waals surface area contributed by atoms with Crippen LogP contribution in [0.4, 0.5) is 0 Å². The summed E-state index contributed by atoms with van der Waals surface area (Å²) in [6.45, 7) is 9.00. The van der Waals surface area contributed by atoms with Gasteiger partial charge in [-0.3, -0.25) is 9.20 Å². The van der Waals surface area contributed by atoms with Crippen molar-refractivity contribution in [1.29, 1.82) is 0 Å². The highest BCUT2D eigenvalue weighted by atomic mass is 32.1. The van der Waals surface area contributed by atoms with Gasteiger partial charge in [0.05, 0.1) is 16.9 Å². The molecule has 2 aromatic rings. The van der Waals surface area contributed by atoms with Crippen LogP contribution in [0, 0.1) is 0 Å². The summed E-state index contributed by atoms with van der Waals surface area (Å²) in [6, 6.07) is 1.84. The summed E-state index contributed by atoms with van der Waals surface area (Å²) in [5.41, 5.74) is 0.417. The van der Waals surface area contributed by atoms with Crippen molar-refractivity contribution in [2.75, 3.05) is 0 Å². The average Bonchev–Trinajstić information content (AvgIpc) is 2.88. The van der Waals surface area contributed by atoms with Gasteiger partial charge in [-0.1, -0.05) is 0 Å². The van der Waals surface area contributed by atoms with Crippen molar-refractivity contribution >= 4 is 16.3 Å². The topological polar surface area (TPSA) is 55.6 Å². The van der Waals surface area contributed by atoms with Gasteiger partial charge in [0.1, 0.15) is 0 Å². The minimum Gasteiger partial charge on any atom is -0.368 e. The second-order valence-corrected chi connectivity index (χ2v) is 7.62. The molecule has 0 unspecified atom stereocenters. The molecule has 6 heteroatoms. The van der Waals surface area contributed by atoms with Gasteiger partial charge in [0, 0.05) is 30.2 Å². The summed E-state index contributed by atoms with van der Waals surface area (Å²) < 4.78 is 7.64. The quantitative estimate of drug-likeness (QED) is 0.944. The molecule has 3 rings (SSSR count). The summed E-state index contributed by atoms with van der Waals surface area (Å²) in [5.74, 6) is 0. The lowest BCUT2D eigenvalue weighted by Crippen LogP contribution is -2.43. The Morgan fingerprint density at radius 1 is 1.48 bits per heavy atom. The standard InChI is InChI=1S/C15H21N3O2S/c1-14(2)8-11(15(3,4)20-14)16-9-10-7-12(19)18-5-6-21-13(18)17-10/h5-7,11,16H,8-9H2,1-4H3/t11-/m1/s1.